The number of carbonyl (C=O) groups is 1. The maximum absolute atomic E-state index is 15.2. The van der Waals surface area contributed by atoms with Crippen LogP contribution in [-0.2, 0) is 5.75 Å². The maximum Gasteiger partial charge on any atom is 0.224 e. The summed E-state index contributed by atoms with van der Waals surface area (Å²) >= 11 is 7.28. The van der Waals surface area contributed by atoms with Gasteiger partial charge in [-0.2, -0.15) is 0 Å². The molecule has 2 aromatic carbocycles. The highest BCUT2D eigenvalue weighted by Crippen LogP contribution is 2.54. The fraction of sp³-hybridized carbons (Fsp3) is 0.250. The van der Waals surface area contributed by atoms with E-state index in [-0.39, 0.29) is 28.8 Å². The van der Waals surface area contributed by atoms with Crippen LogP contribution in [0.2, 0.25) is 5.02 Å². The minimum Gasteiger partial charge on any atom is -0.503 e. The molecule has 0 amide bonds. The van der Waals surface area contributed by atoms with E-state index in [4.69, 9.17) is 11.6 Å². The van der Waals surface area contributed by atoms with Crippen LogP contribution in [-0.4, -0.2) is 22.1 Å². The fourth-order valence-corrected chi connectivity index (χ4v) is 6.25. The lowest BCUT2D eigenvalue weighted by Gasteiger charge is -2.43. The average molecular weight is 487 g/mol. The van der Waals surface area contributed by atoms with E-state index in [0.29, 0.717) is 34.4 Å². The lowest BCUT2D eigenvalue weighted by Crippen LogP contribution is -2.51. The Kier molecular flexibility index (Phi) is 4.45. The Balaban J connectivity index is 1.66. The summed E-state index contributed by atoms with van der Waals surface area (Å²) in [5, 5.41) is 12.4. The number of nitrogens with zero attached hydrogens (tertiary/aromatic N) is 2. The van der Waals surface area contributed by atoms with Gasteiger partial charge in [-0.1, -0.05) is 29.8 Å². The number of ketones is 1. The predicted molar refractivity (Wildman–Crippen MR) is 121 cm³/mol. The van der Waals surface area contributed by atoms with E-state index in [1.165, 1.54) is 40.8 Å². The van der Waals surface area contributed by atoms with E-state index in [2.05, 4.69) is 0 Å². The zero-order valence-corrected chi connectivity index (χ0v) is 18.7. The van der Waals surface area contributed by atoms with Crippen molar-refractivity contribution in [3.63, 3.8) is 0 Å². The Bertz CT molecular complexity index is 1420. The summed E-state index contributed by atoms with van der Waals surface area (Å²) in [6, 6.07) is 8.47. The zero-order valence-electron chi connectivity index (χ0n) is 17.1. The third kappa shape index (κ3) is 2.90. The molecule has 1 saturated carbocycles. The van der Waals surface area contributed by atoms with Gasteiger partial charge in [0, 0.05) is 35.0 Å². The van der Waals surface area contributed by atoms with E-state index in [1.807, 2.05) is 5.01 Å². The first-order valence-corrected chi connectivity index (χ1v) is 11.8. The third-order valence-electron chi connectivity index (χ3n) is 6.82. The van der Waals surface area contributed by atoms with Crippen molar-refractivity contribution in [3.05, 3.63) is 91.9 Å². The summed E-state index contributed by atoms with van der Waals surface area (Å²) in [6.07, 6.45) is 2.67. The van der Waals surface area contributed by atoms with Crippen molar-refractivity contribution < 1.29 is 18.7 Å². The summed E-state index contributed by atoms with van der Waals surface area (Å²) in [7, 11) is 0. The normalized spacial score (nSPS) is 20.2. The van der Waals surface area contributed by atoms with Crippen LogP contribution in [0.3, 0.4) is 0 Å². The molecule has 1 aromatic heterocycles. The number of benzene rings is 2. The number of rotatable bonds is 1. The Morgan fingerprint density at radius 2 is 1.88 bits per heavy atom. The number of Topliss-reactive ketones (excluding diaryl/α,β-unsaturated/α-hetero) is 1. The van der Waals surface area contributed by atoms with Gasteiger partial charge in [-0.25, -0.2) is 8.78 Å². The number of pyridine rings is 1. The van der Waals surface area contributed by atoms with Gasteiger partial charge in [0.05, 0.1) is 16.5 Å². The molecule has 1 unspecified atom stereocenters. The monoisotopic (exact) mass is 486 g/mol. The number of carbonyl (C=O) groups excluding carboxylic acids is 1. The molecule has 33 heavy (non-hydrogen) atoms. The highest BCUT2D eigenvalue weighted by molar-refractivity contribution is 7.98. The standard InChI is InChI=1S/C24H17ClF2N2O3S/c25-15-5-4-12-14(18(15)27)10-33-22-13(2-1-3-16(22)26)19(12)29-11-24(7-8-24)23(32)20-21(31)17(30)6-9-28(20)29/h1-6,9,19,31H,7-8,10-11H2. The highest BCUT2D eigenvalue weighted by atomic mass is 35.5. The van der Waals surface area contributed by atoms with E-state index in [1.54, 1.807) is 18.2 Å². The van der Waals surface area contributed by atoms with Crippen molar-refractivity contribution in [1.29, 1.82) is 0 Å². The van der Waals surface area contributed by atoms with Crippen molar-refractivity contribution in [3.8, 4) is 5.75 Å². The largest absolute Gasteiger partial charge is 0.503 e. The van der Waals surface area contributed by atoms with Crippen LogP contribution in [0, 0.1) is 17.0 Å². The summed E-state index contributed by atoms with van der Waals surface area (Å²) in [4.78, 5) is 25.8. The lowest BCUT2D eigenvalue weighted by molar-refractivity contribution is 0.0856. The molecule has 0 radical (unpaired) electrons. The molecule has 1 atom stereocenters. The molecule has 0 saturated heterocycles. The lowest BCUT2D eigenvalue weighted by atomic mass is 9.89. The molecule has 3 aliphatic rings. The molecule has 5 nitrogen and oxygen atoms in total. The van der Waals surface area contributed by atoms with Crippen molar-refractivity contribution in [1.82, 2.24) is 4.68 Å². The first kappa shape index (κ1) is 20.7. The average Bonchev–Trinajstić information content (AvgIpc) is 3.59. The van der Waals surface area contributed by atoms with Gasteiger partial charge in [0.15, 0.2) is 17.2 Å². The second-order valence-electron chi connectivity index (χ2n) is 8.71. The molecule has 3 heterocycles. The quantitative estimate of drug-likeness (QED) is 0.535. The molecule has 168 valence electrons. The Labute approximate surface area is 196 Å². The fourth-order valence-electron chi connectivity index (χ4n) is 4.94. The van der Waals surface area contributed by atoms with Gasteiger partial charge >= 0.3 is 0 Å². The highest BCUT2D eigenvalue weighted by Gasteiger charge is 2.56. The number of fused-ring (bicyclic) bond motifs is 3. The molecule has 3 aromatic rings. The van der Waals surface area contributed by atoms with Crippen LogP contribution >= 0.6 is 23.4 Å². The first-order chi connectivity index (χ1) is 15.8. The predicted octanol–water partition coefficient (Wildman–Crippen LogP) is 4.80. The number of aromatic nitrogens is 1. The van der Waals surface area contributed by atoms with Crippen LogP contribution < -0.4 is 10.4 Å². The van der Waals surface area contributed by atoms with Crippen LogP contribution in [0.5, 0.6) is 5.75 Å². The van der Waals surface area contributed by atoms with E-state index in [0.717, 1.165) is 0 Å². The summed E-state index contributed by atoms with van der Waals surface area (Å²) < 4.78 is 31.6. The van der Waals surface area contributed by atoms with Gasteiger partial charge in [-0.05, 0) is 36.1 Å². The third-order valence-corrected chi connectivity index (χ3v) is 8.27. The van der Waals surface area contributed by atoms with Crippen LogP contribution in [0.4, 0.5) is 8.78 Å². The summed E-state index contributed by atoms with van der Waals surface area (Å²) in [5.74, 6) is -1.68. The Morgan fingerprint density at radius 3 is 2.64 bits per heavy atom. The van der Waals surface area contributed by atoms with Crippen molar-refractivity contribution in [2.45, 2.75) is 29.5 Å². The van der Waals surface area contributed by atoms with Gasteiger partial charge in [0.25, 0.3) is 0 Å². The molecular formula is C24H17ClF2N2O3S. The van der Waals surface area contributed by atoms with E-state index >= 15 is 4.39 Å². The zero-order chi connectivity index (χ0) is 23.1. The summed E-state index contributed by atoms with van der Waals surface area (Å²) in [5.41, 5.74) is 0.119. The van der Waals surface area contributed by atoms with Gasteiger partial charge in [-0.3, -0.25) is 19.3 Å². The first-order valence-electron chi connectivity index (χ1n) is 10.5. The van der Waals surface area contributed by atoms with Gasteiger partial charge in [-0.15, -0.1) is 11.8 Å². The molecule has 9 heteroatoms. The molecule has 1 N–H and O–H groups in total. The second-order valence-corrected chi connectivity index (χ2v) is 10.1. The van der Waals surface area contributed by atoms with Crippen molar-refractivity contribution in [2.24, 2.45) is 5.41 Å². The molecule has 1 aliphatic carbocycles. The van der Waals surface area contributed by atoms with E-state index in [9.17, 15) is 19.1 Å². The number of hydrogen-bond acceptors (Lipinski definition) is 5. The minimum absolute atomic E-state index is 0.0197. The number of aromatic hydroxyl groups is 1. The molecule has 2 aliphatic heterocycles. The smallest absolute Gasteiger partial charge is 0.224 e. The van der Waals surface area contributed by atoms with Crippen LogP contribution in [0.15, 0.2) is 52.3 Å². The van der Waals surface area contributed by atoms with Gasteiger partial charge < -0.3 is 5.11 Å². The minimum atomic E-state index is -0.733. The number of hydrogen-bond donors (Lipinski definition) is 1. The van der Waals surface area contributed by atoms with Crippen LogP contribution in [0.1, 0.15) is 46.1 Å². The molecule has 1 spiro atoms. The summed E-state index contributed by atoms with van der Waals surface area (Å²) in [6.45, 7) is 0.288. The molecule has 6 rings (SSSR count). The number of thioether (sulfide) groups is 1. The Morgan fingerprint density at radius 1 is 1.09 bits per heavy atom. The van der Waals surface area contributed by atoms with Gasteiger partial charge in [0.2, 0.25) is 5.43 Å². The van der Waals surface area contributed by atoms with Crippen molar-refractivity contribution in [2.75, 3.05) is 11.6 Å². The maximum atomic E-state index is 15.2. The molecule has 1 fully saturated rings. The number of halogens is 3. The van der Waals surface area contributed by atoms with Crippen LogP contribution in [0.25, 0.3) is 0 Å². The van der Waals surface area contributed by atoms with E-state index < -0.39 is 34.3 Å². The second kappa shape index (κ2) is 7.08. The SMILES string of the molecule is O=C1c2c(O)c(=O)ccn2N(C2c3ccc(Cl)c(F)c3CSc3c(F)cccc32)CC12CC2. The van der Waals surface area contributed by atoms with Gasteiger partial charge in [0.1, 0.15) is 11.6 Å². The topological polar surface area (TPSA) is 62.5 Å². The molecule has 0 bridgehead atoms. The Hall–Kier alpha value is -2.84. The molecular weight excluding hydrogens is 470 g/mol. The van der Waals surface area contributed by atoms with Crippen molar-refractivity contribution >= 4 is 29.1 Å².